The number of nitrogens with zero attached hydrogens (tertiary/aromatic N) is 2. The van der Waals surface area contributed by atoms with E-state index in [0.717, 1.165) is 12.2 Å². The first-order chi connectivity index (χ1) is 8.63. The molecule has 0 aliphatic heterocycles. The molecule has 0 fully saturated rings. The SMILES string of the molecule is Cc1nc(Cl)cc(NC(C)Cc2ccccc2)n1. The van der Waals surface area contributed by atoms with Crippen molar-refractivity contribution in [1.29, 1.82) is 0 Å². The van der Waals surface area contributed by atoms with Crippen molar-refractivity contribution >= 4 is 17.4 Å². The van der Waals surface area contributed by atoms with Crippen molar-refractivity contribution in [3.63, 3.8) is 0 Å². The predicted molar refractivity (Wildman–Crippen MR) is 75.0 cm³/mol. The number of hydrogen-bond donors (Lipinski definition) is 1. The van der Waals surface area contributed by atoms with Crippen LogP contribution in [0.25, 0.3) is 0 Å². The van der Waals surface area contributed by atoms with Gasteiger partial charge in [0.05, 0.1) is 0 Å². The van der Waals surface area contributed by atoms with Crippen LogP contribution < -0.4 is 5.32 Å². The second-order valence-electron chi connectivity index (χ2n) is 4.36. The zero-order chi connectivity index (χ0) is 13.0. The van der Waals surface area contributed by atoms with Gasteiger partial charge in [0.15, 0.2) is 0 Å². The lowest BCUT2D eigenvalue weighted by atomic mass is 10.1. The molecule has 0 saturated heterocycles. The van der Waals surface area contributed by atoms with Gasteiger partial charge in [-0.05, 0) is 25.8 Å². The zero-order valence-corrected chi connectivity index (χ0v) is 11.3. The van der Waals surface area contributed by atoms with Crippen LogP contribution in [0.3, 0.4) is 0 Å². The summed E-state index contributed by atoms with van der Waals surface area (Å²) in [5.41, 5.74) is 1.30. The number of hydrogen-bond acceptors (Lipinski definition) is 3. The van der Waals surface area contributed by atoms with Crippen LogP contribution in [-0.2, 0) is 6.42 Å². The highest BCUT2D eigenvalue weighted by molar-refractivity contribution is 6.29. The minimum Gasteiger partial charge on any atom is -0.367 e. The molecule has 0 bridgehead atoms. The Morgan fingerprint density at radius 1 is 1.22 bits per heavy atom. The van der Waals surface area contributed by atoms with E-state index in [2.05, 4.69) is 34.3 Å². The molecule has 3 nitrogen and oxygen atoms in total. The average molecular weight is 262 g/mol. The normalized spacial score (nSPS) is 12.2. The monoisotopic (exact) mass is 261 g/mol. The molecule has 1 heterocycles. The largest absolute Gasteiger partial charge is 0.367 e. The molecule has 0 spiro atoms. The minimum absolute atomic E-state index is 0.290. The van der Waals surface area contributed by atoms with Crippen molar-refractivity contribution in [2.45, 2.75) is 26.3 Å². The zero-order valence-electron chi connectivity index (χ0n) is 10.5. The molecule has 0 radical (unpaired) electrons. The Kier molecular flexibility index (Phi) is 4.15. The van der Waals surface area contributed by atoms with E-state index in [-0.39, 0.29) is 6.04 Å². The van der Waals surface area contributed by atoms with E-state index in [4.69, 9.17) is 11.6 Å². The second-order valence-corrected chi connectivity index (χ2v) is 4.75. The molecule has 0 aliphatic carbocycles. The quantitative estimate of drug-likeness (QED) is 0.857. The van der Waals surface area contributed by atoms with Gasteiger partial charge < -0.3 is 5.32 Å². The van der Waals surface area contributed by atoms with Crippen LogP contribution in [0.1, 0.15) is 18.3 Å². The minimum atomic E-state index is 0.290. The Labute approximate surface area is 112 Å². The van der Waals surface area contributed by atoms with Crippen molar-refractivity contribution in [3.8, 4) is 0 Å². The summed E-state index contributed by atoms with van der Waals surface area (Å²) in [6.07, 6.45) is 0.946. The Hall–Kier alpha value is -1.61. The van der Waals surface area contributed by atoms with Gasteiger partial charge in [-0.3, -0.25) is 0 Å². The highest BCUT2D eigenvalue weighted by Crippen LogP contribution is 2.13. The lowest BCUT2D eigenvalue weighted by molar-refractivity contribution is 0.782. The van der Waals surface area contributed by atoms with Crippen LogP contribution in [0.4, 0.5) is 5.82 Å². The molecule has 2 rings (SSSR count). The van der Waals surface area contributed by atoms with Gasteiger partial charge in [0.1, 0.15) is 16.8 Å². The van der Waals surface area contributed by atoms with Crippen LogP contribution in [0, 0.1) is 6.92 Å². The first kappa shape index (κ1) is 12.8. The third-order valence-electron chi connectivity index (χ3n) is 2.59. The Balaban J connectivity index is 2.01. The Morgan fingerprint density at radius 2 is 1.94 bits per heavy atom. The van der Waals surface area contributed by atoms with Gasteiger partial charge in [-0.2, -0.15) is 0 Å². The number of halogens is 1. The molecule has 2 aromatic rings. The molecule has 0 amide bonds. The van der Waals surface area contributed by atoms with E-state index in [1.54, 1.807) is 6.07 Å². The maximum atomic E-state index is 5.90. The van der Waals surface area contributed by atoms with Crippen LogP contribution in [-0.4, -0.2) is 16.0 Å². The van der Waals surface area contributed by atoms with Gasteiger partial charge in [0.25, 0.3) is 0 Å². The molecule has 0 aliphatic rings. The highest BCUT2D eigenvalue weighted by atomic mass is 35.5. The average Bonchev–Trinajstić information content (AvgIpc) is 2.28. The molecule has 18 heavy (non-hydrogen) atoms. The molecular weight excluding hydrogens is 246 g/mol. The van der Waals surface area contributed by atoms with Crippen LogP contribution in [0.15, 0.2) is 36.4 Å². The lowest BCUT2D eigenvalue weighted by Crippen LogP contribution is -2.19. The summed E-state index contributed by atoms with van der Waals surface area (Å²) in [5, 5.41) is 3.81. The Morgan fingerprint density at radius 3 is 2.61 bits per heavy atom. The van der Waals surface area contributed by atoms with Gasteiger partial charge in [-0.15, -0.1) is 0 Å². The maximum absolute atomic E-state index is 5.90. The molecule has 94 valence electrons. The van der Waals surface area contributed by atoms with Gasteiger partial charge >= 0.3 is 0 Å². The first-order valence-corrected chi connectivity index (χ1v) is 6.33. The summed E-state index contributed by atoms with van der Waals surface area (Å²) >= 11 is 5.90. The molecule has 1 unspecified atom stereocenters. The van der Waals surface area contributed by atoms with Crippen molar-refractivity contribution < 1.29 is 0 Å². The maximum Gasteiger partial charge on any atom is 0.134 e. The number of rotatable bonds is 4. The third-order valence-corrected chi connectivity index (χ3v) is 2.78. The summed E-state index contributed by atoms with van der Waals surface area (Å²) in [6.45, 7) is 3.96. The molecule has 1 aromatic heterocycles. The number of benzene rings is 1. The van der Waals surface area contributed by atoms with Crippen molar-refractivity contribution in [3.05, 3.63) is 52.9 Å². The Bertz CT molecular complexity index is 493. The smallest absolute Gasteiger partial charge is 0.134 e. The molecule has 0 saturated carbocycles. The van der Waals surface area contributed by atoms with E-state index in [1.165, 1.54) is 5.56 Å². The van der Waals surface area contributed by atoms with E-state index < -0.39 is 0 Å². The van der Waals surface area contributed by atoms with Gasteiger partial charge in [0, 0.05) is 12.1 Å². The lowest BCUT2D eigenvalue weighted by Gasteiger charge is -2.14. The molecule has 1 N–H and O–H groups in total. The fourth-order valence-corrected chi connectivity index (χ4v) is 2.10. The standard InChI is InChI=1S/C14H16ClN3/c1-10(8-12-6-4-3-5-7-12)16-14-9-13(15)17-11(2)18-14/h3-7,9-10H,8H2,1-2H3,(H,16,17,18). The van der Waals surface area contributed by atoms with E-state index in [9.17, 15) is 0 Å². The van der Waals surface area contributed by atoms with Crippen LogP contribution in [0.2, 0.25) is 5.15 Å². The molecule has 1 aromatic carbocycles. The molecule has 1 atom stereocenters. The summed E-state index contributed by atoms with van der Waals surface area (Å²) in [5.74, 6) is 1.45. The highest BCUT2D eigenvalue weighted by Gasteiger charge is 2.06. The second kappa shape index (κ2) is 5.83. The van der Waals surface area contributed by atoms with Gasteiger partial charge in [-0.25, -0.2) is 9.97 Å². The van der Waals surface area contributed by atoms with Gasteiger partial charge in [-0.1, -0.05) is 41.9 Å². The fraction of sp³-hybridized carbons (Fsp3) is 0.286. The van der Waals surface area contributed by atoms with Crippen molar-refractivity contribution in [2.75, 3.05) is 5.32 Å². The van der Waals surface area contributed by atoms with E-state index in [0.29, 0.717) is 11.0 Å². The predicted octanol–water partition coefficient (Wildman–Crippen LogP) is 3.48. The number of anilines is 1. The summed E-state index contributed by atoms with van der Waals surface area (Å²) < 4.78 is 0. The van der Waals surface area contributed by atoms with Crippen molar-refractivity contribution in [2.24, 2.45) is 0 Å². The van der Waals surface area contributed by atoms with Crippen LogP contribution >= 0.6 is 11.6 Å². The number of nitrogens with one attached hydrogen (secondary N) is 1. The summed E-state index contributed by atoms with van der Waals surface area (Å²) in [7, 11) is 0. The van der Waals surface area contributed by atoms with E-state index in [1.807, 2.05) is 25.1 Å². The number of aryl methyl sites for hydroxylation is 1. The fourth-order valence-electron chi connectivity index (χ4n) is 1.88. The van der Waals surface area contributed by atoms with E-state index >= 15 is 0 Å². The van der Waals surface area contributed by atoms with Crippen molar-refractivity contribution in [1.82, 2.24) is 9.97 Å². The molecular formula is C14H16ClN3. The molecule has 4 heteroatoms. The number of aromatic nitrogens is 2. The summed E-state index contributed by atoms with van der Waals surface area (Å²) in [4.78, 5) is 8.35. The third kappa shape index (κ3) is 3.70. The first-order valence-electron chi connectivity index (χ1n) is 5.95. The summed E-state index contributed by atoms with van der Waals surface area (Å²) in [6, 6.07) is 12.4. The van der Waals surface area contributed by atoms with Crippen LogP contribution in [0.5, 0.6) is 0 Å². The topological polar surface area (TPSA) is 37.8 Å². The van der Waals surface area contributed by atoms with Gasteiger partial charge in [0.2, 0.25) is 0 Å².